The molecule has 0 N–H and O–H groups in total. The van der Waals surface area contributed by atoms with Crippen molar-refractivity contribution in [3.8, 4) is 0 Å². The molecule has 10 fully saturated rings. The fourth-order valence-corrected chi connectivity index (χ4v) is 9.50. The van der Waals surface area contributed by atoms with Gasteiger partial charge in [0.25, 0.3) is 0 Å². The van der Waals surface area contributed by atoms with Gasteiger partial charge in [-0.25, -0.2) is 0 Å². The van der Waals surface area contributed by atoms with Crippen molar-refractivity contribution in [3.05, 3.63) is 0 Å². The highest BCUT2D eigenvalue weighted by Gasteiger charge is 2.41. The first-order chi connectivity index (χ1) is 15.3. The van der Waals surface area contributed by atoms with E-state index < -0.39 is 0 Å². The van der Waals surface area contributed by atoms with E-state index in [1.165, 1.54) is 74.0 Å². The van der Waals surface area contributed by atoms with Crippen LogP contribution >= 0.6 is 0 Å². The second-order valence-electron chi connectivity index (χ2n) is 13.6. The van der Waals surface area contributed by atoms with Crippen LogP contribution in [0.3, 0.4) is 0 Å². The normalized spacial score (nSPS) is 45.7. The van der Waals surface area contributed by atoms with Crippen LogP contribution < -0.4 is 0 Å². The Morgan fingerprint density at radius 2 is 0.387 bits per heavy atom. The van der Waals surface area contributed by atoms with Gasteiger partial charge >= 0.3 is 0 Å². The SMILES string of the molecule is C1C2CC3CC1CC(C2)C3.C1CC2CCC1C2.C1CC2CCC1CC2.C1CCCCC1. The van der Waals surface area contributed by atoms with Gasteiger partial charge in [0.15, 0.2) is 0 Å². The Balaban J connectivity index is 0.0000000896. The smallest absolute Gasteiger partial charge is 0.0406 e. The lowest BCUT2D eigenvalue weighted by atomic mass is 9.56. The fraction of sp³-hybridized carbons (Fsp3) is 1.00. The Morgan fingerprint density at radius 1 is 0.194 bits per heavy atom. The van der Waals surface area contributed by atoms with Crippen LogP contribution in [0.15, 0.2) is 0 Å². The lowest BCUT2D eigenvalue weighted by Crippen LogP contribution is -2.38. The molecule has 0 unspecified atom stereocenters. The molecule has 0 aromatic carbocycles. The van der Waals surface area contributed by atoms with E-state index in [0.29, 0.717) is 0 Å². The average Bonchev–Trinajstić information content (AvgIpc) is 3.48. The molecule has 0 radical (unpaired) electrons. The predicted octanol–water partition coefficient (Wildman–Crippen LogP) is 9.96. The Kier molecular flexibility index (Phi) is 8.39. The van der Waals surface area contributed by atoms with E-state index in [1.807, 2.05) is 0 Å². The number of fused-ring (bicyclic) bond motifs is 5. The first-order valence-electron chi connectivity index (χ1n) is 15.3. The molecule has 0 heterocycles. The van der Waals surface area contributed by atoms with Crippen molar-refractivity contribution in [2.24, 2.45) is 47.3 Å². The molecule has 0 aliphatic heterocycles. The third-order valence-corrected chi connectivity index (χ3v) is 11.1. The number of rotatable bonds is 0. The molecule has 0 nitrogen and oxygen atoms in total. The van der Waals surface area contributed by atoms with Crippen LogP contribution in [0.5, 0.6) is 0 Å². The van der Waals surface area contributed by atoms with E-state index in [-0.39, 0.29) is 0 Å². The van der Waals surface area contributed by atoms with Gasteiger partial charge in [-0.2, -0.15) is 0 Å². The van der Waals surface area contributed by atoms with Gasteiger partial charge in [0.2, 0.25) is 0 Å². The molecule has 0 spiro atoms. The van der Waals surface area contributed by atoms with Crippen molar-refractivity contribution >= 4 is 0 Å². The Morgan fingerprint density at radius 3 is 0.548 bits per heavy atom. The zero-order valence-electron chi connectivity index (χ0n) is 20.9. The van der Waals surface area contributed by atoms with Crippen molar-refractivity contribution < 1.29 is 0 Å². The molecule has 0 atom stereocenters. The van der Waals surface area contributed by atoms with Gasteiger partial charge in [0.1, 0.15) is 0 Å². The van der Waals surface area contributed by atoms with E-state index in [1.54, 1.807) is 109 Å². The Labute approximate surface area is 195 Å². The molecule has 0 amide bonds. The standard InChI is InChI=1S/C10H16.C8H14.C7H12.C6H12/c1-7-2-9-4-8(1)5-10(3-7)6-9;1-2-8-5-3-7(1)4-6-8;1-2-7-4-3-6(1)5-7;1-2-4-6-5-3-1/h7-10H,1-6H2;7-8H,1-6H2;6-7H,1-5H2;1-6H2. The van der Waals surface area contributed by atoms with E-state index in [9.17, 15) is 0 Å². The van der Waals surface area contributed by atoms with Crippen molar-refractivity contribution in [1.29, 1.82) is 0 Å². The quantitative estimate of drug-likeness (QED) is 0.361. The van der Waals surface area contributed by atoms with Gasteiger partial charge in [0, 0.05) is 0 Å². The second-order valence-corrected chi connectivity index (χ2v) is 13.6. The van der Waals surface area contributed by atoms with Crippen LogP contribution in [0.1, 0.15) is 148 Å². The van der Waals surface area contributed by atoms with Crippen molar-refractivity contribution in [1.82, 2.24) is 0 Å². The lowest BCUT2D eigenvalue weighted by Gasteiger charge is -2.49. The maximum absolute atomic E-state index is 1.60. The van der Waals surface area contributed by atoms with E-state index in [2.05, 4.69) is 0 Å². The zero-order chi connectivity index (χ0) is 20.9. The molecule has 10 aliphatic rings. The summed E-state index contributed by atoms with van der Waals surface area (Å²) in [5, 5.41) is 0. The topological polar surface area (TPSA) is 0 Å². The van der Waals surface area contributed by atoms with Gasteiger partial charge in [-0.15, -0.1) is 0 Å². The van der Waals surface area contributed by atoms with Crippen molar-refractivity contribution in [2.75, 3.05) is 0 Å². The molecule has 8 bridgehead atoms. The minimum absolute atomic E-state index is 1.15. The first kappa shape index (κ1) is 22.8. The monoisotopic (exact) mass is 426 g/mol. The highest BCUT2D eigenvalue weighted by atomic mass is 14.5. The van der Waals surface area contributed by atoms with Crippen molar-refractivity contribution in [3.63, 3.8) is 0 Å². The van der Waals surface area contributed by atoms with Gasteiger partial charge in [-0.05, 0) is 92.3 Å². The van der Waals surface area contributed by atoms with Crippen LogP contribution in [-0.4, -0.2) is 0 Å². The third-order valence-electron chi connectivity index (χ3n) is 11.1. The fourth-order valence-electron chi connectivity index (χ4n) is 9.50. The molecule has 0 heteroatoms. The van der Waals surface area contributed by atoms with Gasteiger partial charge < -0.3 is 0 Å². The average molecular weight is 427 g/mol. The summed E-state index contributed by atoms with van der Waals surface area (Å²) < 4.78 is 0. The predicted molar refractivity (Wildman–Crippen MR) is 134 cm³/mol. The summed E-state index contributed by atoms with van der Waals surface area (Å²) in [5.74, 6) is 9.36. The Hall–Kier alpha value is 0. The van der Waals surface area contributed by atoms with E-state index in [4.69, 9.17) is 0 Å². The van der Waals surface area contributed by atoms with E-state index in [0.717, 1.165) is 11.8 Å². The van der Waals surface area contributed by atoms with Crippen LogP contribution in [-0.2, 0) is 0 Å². The maximum atomic E-state index is 1.60. The molecular weight excluding hydrogens is 372 g/mol. The van der Waals surface area contributed by atoms with Crippen LogP contribution in [0.25, 0.3) is 0 Å². The van der Waals surface area contributed by atoms with Gasteiger partial charge in [-0.1, -0.05) is 103 Å². The summed E-state index contributed by atoms with van der Waals surface area (Å²) >= 11 is 0. The summed E-state index contributed by atoms with van der Waals surface area (Å²) in [6.07, 6.45) is 35.8. The van der Waals surface area contributed by atoms with Crippen LogP contribution in [0.2, 0.25) is 0 Å². The van der Waals surface area contributed by atoms with Gasteiger partial charge in [0.05, 0.1) is 0 Å². The minimum atomic E-state index is 1.15. The minimum Gasteiger partial charge on any atom is -0.0533 e. The van der Waals surface area contributed by atoms with Crippen molar-refractivity contribution in [2.45, 2.75) is 148 Å². The summed E-state index contributed by atoms with van der Waals surface area (Å²) in [6, 6.07) is 0. The van der Waals surface area contributed by atoms with E-state index >= 15 is 0 Å². The summed E-state index contributed by atoms with van der Waals surface area (Å²) in [7, 11) is 0. The number of hydrogen-bond acceptors (Lipinski definition) is 0. The van der Waals surface area contributed by atoms with Crippen LogP contribution in [0.4, 0.5) is 0 Å². The summed E-state index contributed by atoms with van der Waals surface area (Å²) in [4.78, 5) is 0. The highest BCUT2D eigenvalue weighted by molar-refractivity contribution is 4.93. The van der Waals surface area contributed by atoms with Gasteiger partial charge in [-0.3, -0.25) is 0 Å². The molecule has 10 aliphatic carbocycles. The molecule has 0 saturated heterocycles. The zero-order valence-corrected chi connectivity index (χ0v) is 20.9. The summed E-state index contributed by atoms with van der Waals surface area (Å²) in [6.45, 7) is 0. The number of hydrogen-bond donors (Lipinski definition) is 0. The van der Waals surface area contributed by atoms with Crippen LogP contribution in [0, 0.1) is 47.3 Å². The molecule has 10 saturated carbocycles. The highest BCUT2D eigenvalue weighted by Crippen LogP contribution is 2.53. The lowest BCUT2D eigenvalue weighted by molar-refractivity contribution is 0.0198. The molecule has 0 aromatic heterocycles. The molecule has 10 rings (SSSR count). The third kappa shape index (κ3) is 6.76. The molecular formula is C31H54. The first-order valence-corrected chi connectivity index (χ1v) is 15.3. The maximum Gasteiger partial charge on any atom is -0.0406 e. The molecule has 31 heavy (non-hydrogen) atoms. The molecule has 0 aromatic rings. The Bertz CT molecular complexity index is 399. The largest absolute Gasteiger partial charge is 0.0533 e. The molecule has 178 valence electrons. The second kappa shape index (κ2) is 11.4. The summed E-state index contributed by atoms with van der Waals surface area (Å²) in [5.41, 5.74) is 0.